The van der Waals surface area contributed by atoms with Gasteiger partial charge in [-0.25, -0.2) is 14.8 Å². The zero-order valence-corrected chi connectivity index (χ0v) is 18.9. The number of nitrogens with one attached hydrogen (secondary N) is 2. The summed E-state index contributed by atoms with van der Waals surface area (Å²) in [7, 11) is 3.41. The second-order valence-corrected chi connectivity index (χ2v) is 7.88. The van der Waals surface area contributed by atoms with E-state index in [9.17, 15) is 9.59 Å². The number of guanidine groups is 1. The van der Waals surface area contributed by atoms with Crippen LogP contribution < -0.4 is 10.6 Å². The highest BCUT2D eigenvalue weighted by atomic mass is 32.1. The molecule has 1 heterocycles. The van der Waals surface area contributed by atoms with Gasteiger partial charge in [0.05, 0.1) is 31.4 Å². The predicted molar refractivity (Wildman–Crippen MR) is 119 cm³/mol. The molecule has 30 heavy (non-hydrogen) atoms. The molecular weight excluding hydrogens is 402 g/mol. The third-order valence-corrected chi connectivity index (χ3v) is 5.49. The number of thiazole rings is 1. The third-order valence-electron chi connectivity index (χ3n) is 4.17. The van der Waals surface area contributed by atoms with Crippen LogP contribution in [-0.4, -0.2) is 55.0 Å². The second-order valence-electron chi connectivity index (χ2n) is 6.85. The quantitative estimate of drug-likeness (QED) is 0.379. The molecule has 0 radical (unpaired) electrons. The number of ether oxygens (including phenoxy) is 1. The summed E-state index contributed by atoms with van der Waals surface area (Å²) >= 11 is 1.30. The minimum absolute atomic E-state index is 0.0634. The van der Waals surface area contributed by atoms with Crippen LogP contribution in [0.3, 0.4) is 0 Å². The Labute approximate surface area is 181 Å². The lowest BCUT2D eigenvalue weighted by Crippen LogP contribution is -2.43. The number of hydrogen-bond donors (Lipinski definition) is 2. The van der Waals surface area contributed by atoms with E-state index < -0.39 is 0 Å². The topological polar surface area (TPSA) is 95.9 Å². The Kier molecular flexibility index (Phi) is 8.79. The van der Waals surface area contributed by atoms with E-state index in [2.05, 4.69) is 20.6 Å². The first kappa shape index (κ1) is 23.3. The summed E-state index contributed by atoms with van der Waals surface area (Å²) in [5.74, 6) is 0.0669. The van der Waals surface area contributed by atoms with Gasteiger partial charge in [-0.1, -0.05) is 30.3 Å². The largest absolute Gasteiger partial charge is 0.462 e. The highest BCUT2D eigenvalue weighted by Gasteiger charge is 2.20. The van der Waals surface area contributed by atoms with Crippen molar-refractivity contribution in [2.75, 3.05) is 27.2 Å². The molecule has 9 heteroatoms. The van der Waals surface area contributed by atoms with E-state index in [0.29, 0.717) is 29.7 Å². The van der Waals surface area contributed by atoms with Crippen molar-refractivity contribution in [1.29, 1.82) is 0 Å². The van der Waals surface area contributed by atoms with Crippen LogP contribution in [0, 0.1) is 6.92 Å². The Morgan fingerprint density at radius 2 is 1.97 bits per heavy atom. The number of amides is 1. The molecule has 0 saturated heterocycles. The summed E-state index contributed by atoms with van der Waals surface area (Å²) in [5, 5.41) is 7.08. The Bertz CT molecular complexity index is 880. The maximum absolute atomic E-state index is 12.1. The summed E-state index contributed by atoms with van der Waals surface area (Å²) < 4.78 is 5.09. The molecule has 1 aromatic carbocycles. The number of benzene rings is 1. The summed E-state index contributed by atoms with van der Waals surface area (Å²) in [5.41, 5.74) is 1.69. The second kappa shape index (κ2) is 11.3. The average molecular weight is 432 g/mol. The van der Waals surface area contributed by atoms with Gasteiger partial charge in [0.25, 0.3) is 0 Å². The molecule has 0 aliphatic rings. The number of nitrogens with zero attached hydrogens (tertiary/aromatic N) is 3. The summed E-state index contributed by atoms with van der Waals surface area (Å²) in [6.45, 7) is 6.39. The number of esters is 1. The van der Waals surface area contributed by atoms with Gasteiger partial charge in [0.2, 0.25) is 5.91 Å². The average Bonchev–Trinajstić information content (AvgIpc) is 3.12. The Morgan fingerprint density at radius 3 is 2.60 bits per heavy atom. The van der Waals surface area contributed by atoms with E-state index in [1.165, 1.54) is 16.2 Å². The van der Waals surface area contributed by atoms with Crippen LogP contribution >= 0.6 is 11.3 Å². The Balaban J connectivity index is 2.14. The smallest absolute Gasteiger partial charge is 0.350 e. The van der Waals surface area contributed by atoms with Crippen LogP contribution in [0.1, 0.15) is 45.8 Å². The maximum atomic E-state index is 12.1. The molecule has 2 rings (SSSR count). The maximum Gasteiger partial charge on any atom is 0.350 e. The standard InChI is InChI=1S/C21H29N5O3S/c1-6-29-20(28)18-14(2)24-19(30-18)15(3)25-21(23-13-17(27)26(4)5)22-12-16-10-8-7-9-11-16/h7-11,15H,6,12-13H2,1-5H3,(H2,22,23,25). The fourth-order valence-electron chi connectivity index (χ4n) is 2.48. The van der Waals surface area contributed by atoms with Crippen LogP contribution in [-0.2, 0) is 16.1 Å². The van der Waals surface area contributed by atoms with Crippen molar-refractivity contribution >= 4 is 29.2 Å². The summed E-state index contributed by atoms with van der Waals surface area (Å²) in [4.78, 5) is 35.2. The lowest BCUT2D eigenvalue weighted by Gasteiger charge is -2.18. The molecule has 0 aliphatic heterocycles. The number of aromatic nitrogens is 1. The summed E-state index contributed by atoms with van der Waals surface area (Å²) in [6, 6.07) is 9.64. The minimum atomic E-state index is -0.362. The fraction of sp³-hybridized carbons (Fsp3) is 0.429. The predicted octanol–water partition coefficient (Wildman–Crippen LogP) is 2.51. The van der Waals surface area contributed by atoms with Crippen molar-refractivity contribution in [3.63, 3.8) is 0 Å². The number of aryl methyl sites for hydroxylation is 1. The molecule has 0 aliphatic carbocycles. The van der Waals surface area contributed by atoms with E-state index in [4.69, 9.17) is 4.74 Å². The van der Waals surface area contributed by atoms with E-state index in [1.807, 2.05) is 37.3 Å². The number of hydrogen-bond acceptors (Lipinski definition) is 6. The van der Waals surface area contributed by atoms with Crippen molar-refractivity contribution in [1.82, 2.24) is 20.5 Å². The van der Waals surface area contributed by atoms with Crippen molar-refractivity contribution in [2.24, 2.45) is 4.99 Å². The first-order valence-corrected chi connectivity index (χ1v) is 10.6. The van der Waals surface area contributed by atoms with Gasteiger partial charge >= 0.3 is 5.97 Å². The third kappa shape index (κ3) is 6.84. The van der Waals surface area contributed by atoms with E-state index >= 15 is 0 Å². The summed E-state index contributed by atoms with van der Waals surface area (Å²) in [6.07, 6.45) is 0. The van der Waals surface area contributed by atoms with Crippen LogP contribution in [0.2, 0.25) is 0 Å². The van der Waals surface area contributed by atoms with Crippen LogP contribution in [0.5, 0.6) is 0 Å². The van der Waals surface area contributed by atoms with Crippen LogP contribution in [0.4, 0.5) is 0 Å². The number of aliphatic imine (C=N–C) groups is 1. The molecule has 1 aromatic heterocycles. The molecule has 0 bridgehead atoms. The van der Waals surface area contributed by atoms with Gasteiger partial charge in [-0.3, -0.25) is 4.79 Å². The van der Waals surface area contributed by atoms with Crippen LogP contribution in [0.15, 0.2) is 35.3 Å². The van der Waals surface area contributed by atoms with Gasteiger partial charge in [-0.2, -0.15) is 0 Å². The van der Waals surface area contributed by atoms with Crippen molar-refractivity contribution in [3.05, 3.63) is 51.5 Å². The molecule has 0 spiro atoms. The number of rotatable bonds is 8. The number of likely N-dealkylation sites (N-methyl/N-ethyl adjacent to an activating group) is 1. The van der Waals surface area contributed by atoms with Gasteiger partial charge in [-0.15, -0.1) is 11.3 Å². The molecule has 0 saturated carbocycles. The van der Waals surface area contributed by atoms with Crippen molar-refractivity contribution in [2.45, 2.75) is 33.4 Å². The van der Waals surface area contributed by atoms with Crippen LogP contribution in [0.25, 0.3) is 0 Å². The SMILES string of the molecule is CCOC(=O)c1sc(C(C)NC(=NCc2ccccc2)NCC(=O)N(C)C)nc1C. The zero-order valence-electron chi connectivity index (χ0n) is 18.1. The first-order valence-electron chi connectivity index (χ1n) is 9.75. The molecule has 1 amide bonds. The van der Waals surface area contributed by atoms with Gasteiger partial charge in [0, 0.05) is 14.1 Å². The van der Waals surface area contributed by atoms with Gasteiger partial charge in [-0.05, 0) is 26.3 Å². The zero-order chi connectivity index (χ0) is 22.1. The van der Waals surface area contributed by atoms with E-state index in [0.717, 1.165) is 10.6 Å². The molecule has 1 atom stereocenters. The van der Waals surface area contributed by atoms with Gasteiger partial charge in [0.1, 0.15) is 9.88 Å². The minimum Gasteiger partial charge on any atom is -0.462 e. The molecule has 8 nitrogen and oxygen atoms in total. The molecule has 2 N–H and O–H groups in total. The lowest BCUT2D eigenvalue weighted by atomic mass is 10.2. The molecule has 0 fully saturated rings. The molecular formula is C21H29N5O3S. The van der Waals surface area contributed by atoms with E-state index in [-0.39, 0.29) is 24.5 Å². The number of carbonyl (C=O) groups excluding carboxylic acids is 2. The molecule has 1 unspecified atom stereocenters. The number of carbonyl (C=O) groups is 2. The van der Waals surface area contributed by atoms with Gasteiger partial charge in [0.15, 0.2) is 5.96 Å². The Hall–Kier alpha value is -2.94. The van der Waals surface area contributed by atoms with Crippen molar-refractivity contribution in [3.8, 4) is 0 Å². The highest BCUT2D eigenvalue weighted by molar-refractivity contribution is 7.13. The normalized spacial score (nSPS) is 12.2. The van der Waals surface area contributed by atoms with Gasteiger partial charge < -0.3 is 20.3 Å². The fourth-order valence-corrected chi connectivity index (χ4v) is 3.44. The Morgan fingerprint density at radius 1 is 1.27 bits per heavy atom. The highest BCUT2D eigenvalue weighted by Crippen LogP contribution is 2.24. The molecule has 162 valence electrons. The lowest BCUT2D eigenvalue weighted by molar-refractivity contribution is -0.127. The van der Waals surface area contributed by atoms with Crippen molar-refractivity contribution < 1.29 is 14.3 Å². The monoisotopic (exact) mass is 431 g/mol. The first-order chi connectivity index (χ1) is 14.3. The van der Waals surface area contributed by atoms with E-state index in [1.54, 1.807) is 27.9 Å². The molecule has 2 aromatic rings.